The van der Waals surface area contributed by atoms with Gasteiger partial charge in [0, 0.05) is 72.0 Å². The summed E-state index contributed by atoms with van der Waals surface area (Å²) in [7, 11) is -11.9. The van der Waals surface area contributed by atoms with Crippen molar-refractivity contribution in [3.63, 3.8) is 0 Å². The molecule has 21 heteroatoms. The Morgan fingerprint density at radius 2 is 1.52 bits per heavy atom. The van der Waals surface area contributed by atoms with E-state index in [0.29, 0.717) is 64.8 Å². The predicted octanol–water partition coefficient (Wildman–Crippen LogP) is 7.15. The van der Waals surface area contributed by atoms with Gasteiger partial charge in [0.1, 0.15) is 6.54 Å². The number of anilines is 1. The number of rotatable bonds is 28. The molecule has 2 heterocycles. The maximum atomic E-state index is 13.0. The first-order chi connectivity index (χ1) is 30.2. The molecule has 0 saturated carbocycles. The van der Waals surface area contributed by atoms with Crippen molar-refractivity contribution in [3.8, 4) is 0 Å². The van der Waals surface area contributed by atoms with Crippen molar-refractivity contribution in [1.29, 1.82) is 0 Å². The summed E-state index contributed by atoms with van der Waals surface area (Å²) in [4.78, 5) is 7.64. The smallest absolute Gasteiger partial charge is 0.312 e. The van der Waals surface area contributed by atoms with Gasteiger partial charge in [-0.2, -0.15) is 54.8 Å². The van der Waals surface area contributed by atoms with Gasteiger partial charge in [-0.15, -0.1) is 9.32 Å². The van der Waals surface area contributed by atoms with Crippen molar-refractivity contribution in [1.82, 2.24) is 16.4 Å². The SMILES string of the molecule is CCNOOOSc1ccc2c(c1)C(C)(C)C(C=CC=C(C=C/C=C1/N(CCCCS(=O)(=O)ONCC)c3ccc(S(=O)(=O)ONCC)cc3C1(C)C)CC)=[N+]2CCCCS(=O)(=O)O. The van der Waals surface area contributed by atoms with E-state index in [2.05, 4.69) is 52.8 Å². The Balaban J connectivity index is 1.64. The Bertz CT molecular complexity index is 2410. The van der Waals surface area contributed by atoms with E-state index < -0.39 is 41.2 Å². The number of fused-ring (bicyclic) bond motifs is 2. The minimum absolute atomic E-state index is 0.0170. The van der Waals surface area contributed by atoms with E-state index in [9.17, 15) is 29.8 Å². The topological polar surface area (TPSA) is 211 Å². The second-order valence-electron chi connectivity index (χ2n) is 16.0. The Hall–Kier alpha value is -3.29. The fourth-order valence-electron chi connectivity index (χ4n) is 7.44. The monoisotopic (exact) mass is 970 g/mol. The second kappa shape index (κ2) is 23.9. The molecule has 2 aromatic rings. The number of hydrogen-bond acceptors (Lipinski definition) is 16. The summed E-state index contributed by atoms with van der Waals surface area (Å²) in [5, 5.41) is 4.71. The summed E-state index contributed by atoms with van der Waals surface area (Å²) in [5.41, 5.74) is 12.8. The number of hydrogen-bond donors (Lipinski definition) is 4. The van der Waals surface area contributed by atoms with Gasteiger partial charge in [0.2, 0.25) is 5.69 Å². The summed E-state index contributed by atoms with van der Waals surface area (Å²) in [6.07, 6.45) is 14.5. The molecule has 2 aromatic carbocycles. The lowest BCUT2D eigenvalue weighted by Crippen LogP contribution is -2.28. The average molecular weight is 971 g/mol. The van der Waals surface area contributed by atoms with Gasteiger partial charge in [0.05, 0.1) is 33.9 Å². The van der Waals surface area contributed by atoms with Crippen LogP contribution in [0.2, 0.25) is 0 Å². The zero-order valence-electron chi connectivity index (χ0n) is 37.9. The molecule has 2 aliphatic heterocycles. The number of benzene rings is 2. The minimum atomic E-state index is -4.08. The molecule has 0 amide bonds. The first kappa shape index (κ1) is 53.3. The third-order valence-corrected chi connectivity index (χ3v) is 14.4. The van der Waals surface area contributed by atoms with E-state index in [1.165, 1.54) is 6.07 Å². The number of allylic oxidation sites excluding steroid dienone is 8. The number of unbranched alkanes of at least 4 members (excludes halogenated alkanes) is 2. The molecule has 4 rings (SSSR count). The zero-order chi connectivity index (χ0) is 47.2. The Kier molecular flexibility index (Phi) is 20.0. The summed E-state index contributed by atoms with van der Waals surface area (Å²) in [6.45, 7) is 17.8. The minimum Gasteiger partial charge on any atom is -0.344 e. The molecule has 17 nitrogen and oxygen atoms in total. The van der Waals surface area contributed by atoms with Crippen LogP contribution in [0.15, 0.2) is 93.9 Å². The van der Waals surface area contributed by atoms with Crippen LogP contribution in [0, 0.1) is 0 Å². The van der Waals surface area contributed by atoms with Crippen molar-refractivity contribution in [2.75, 3.05) is 49.1 Å². The van der Waals surface area contributed by atoms with Crippen LogP contribution in [0.3, 0.4) is 0 Å². The van der Waals surface area contributed by atoms with E-state index in [-0.39, 0.29) is 16.4 Å². The quantitative estimate of drug-likeness (QED) is 0.0127. The molecule has 0 bridgehead atoms. The van der Waals surface area contributed by atoms with Crippen LogP contribution in [0.1, 0.15) is 98.6 Å². The fourth-order valence-corrected chi connectivity index (χ4v) is 10.2. The van der Waals surface area contributed by atoms with E-state index in [1.807, 2.05) is 69.4 Å². The Morgan fingerprint density at radius 3 is 2.20 bits per heavy atom. The van der Waals surface area contributed by atoms with Crippen molar-refractivity contribution in [2.45, 2.75) is 108 Å². The van der Waals surface area contributed by atoms with Gasteiger partial charge >= 0.3 is 10.1 Å². The molecule has 0 fully saturated rings. The standard InChI is InChI=1S/C43H63N5O12S4/c1-9-33(19-17-21-40-42(5,6)36-31-34(61-60-59-56-44-10-2)23-25-38(36)47(40)27-13-15-29-62(49,50)51)20-18-22-41-43(7,8)37-32-35(64(54,55)58-46-12-4)24-26-39(37)48(41)28-14-16-30-63(52,53)57-45-11-3/h17-26,31-32,44-46H,9-16,27-30H2,1-8H3/p+1. The van der Waals surface area contributed by atoms with Gasteiger partial charge in [-0.25, -0.2) is 0 Å². The maximum absolute atomic E-state index is 13.0. The average Bonchev–Trinajstić information content (AvgIpc) is 3.58. The highest BCUT2D eigenvalue weighted by Crippen LogP contribution is 2.49. The van der Waals surface area contributed by atoms with Crippen LogP contribution < -0.4 is 21.3 Å². The maximum Gasteiger partial charge on any atom is 0.312 e. The third kappa shape index (κ3) is 14.6. The summed E-state index contributed by atoms with van der Waals surface area (Å²) >= 11 is 1.00. The lowest BCUT2D eigenvalue weighted by molar-refractivity contribution is -0.486. The first-order valence-electron chi connectivity index (χ1n) is 21.3. The highest BCUT2D eigenvalue weighted by molar-refractivity contribution is 7.94. The predicted molar refractivity (Wildman–Crippen MR) is 249 cm³/mol. The van der Waals surface area contributed by atoms with Gasteiger partial charge in [0.25, 0.3) is 20.2 Å². The molecule has 64 heavy (non-hydrogen) atoms. The van der Waals surface area contributed by atoms with Crippen LogP contribution in [0.4, 0.5) is 11.4 Å². The Labute approximate surface area is 383 Å². The van der Waals surface area contributed by atoms with Gasteiger partial charge in [-0.05, 0) is 92.1 Å². The van der Waals surface area contributed by atoms with Crippen molar-refractivity contribution in [2.24, 2.45) is 0 Å². The number of hydroxylamine groups is 3. The highest BCUT2D eigenvalue weighted by Gasteiger charge is 2.44. The summed E-state index contributed by atoms with van der Waals surface area (Å²) in [5.74, 6) is -0.478. The zero-order valence-corrected chi connectivity index (χ0v) is 41.1. The molecule has 0 aliphatic carbocycles. The van der Waals surface area contributed by atoms with E-state index >= 15 is 0 Å². The van der Waals surface area contributed by atoms with Crippen LogP contribution in [-0.4, -0.2) is 84.3 Å². The van der Waals surface area contributed by atoms with E-state index in [0.717, 1.165) is 56.4 Å². The molecular formula is C43H64N5O12S4+. The molecule has 2 aliphatic rings. The lowest BCUT2D eigenvalue weighted by atomic mass is 9.81. The largest absolute Gasteiger partial charge is 0.344 e. The van der Waals surface area contributed by atoms with Crippen LogP contribution in [0.5, 0.6) is 0 Å². The lowest BCUT2D eigenvalue weighted by Gasteiger charge is -2.27. The first-order valence-corrected chi connectivity index (χ1v) is 26.7. The normalized spacial score (nSPS) is 17.1. The van der Waals surface area contributed by atoms with Gasteiger partial charge in [0.15, 0.2) is 5.71 Å². The Morgan fingerprint density at radius 1 is 0.812 bits per heavy atom. The van der Waals surface area contributed by atoms with E-state index in [1.54, 1.807) is 26.0 Å². The second-order valence-corrected chi connectivity index (χ2v) is 21.6. The molecule has 0 aromatic heterocycles. The van der Waals surface area contributed by atoms with Crippen molar-refractivity contribution < 1.29 is 57.3 Å². The van der Waals surface area contributed by atoms with E-state index in [4.69, 9.17) is 22.9 Å². The molecule has 0 spiro atoms. The van der Waals surface area contributed by atoms with Gasteiger partial charge in [-0.3, -0.25) is 4.55 Å². The number of nitrogens with zero attached hydrogens (tertiary/aromatic N) is 2. The van der Waals surface area contributed by atoms with Gasteiger partial charge in [-0.1, -0.05) is 65.8 Å². The molecule has 0 radical (unpaired) electrons. The summed E-state index contributed by atoms with van der Waals surface area (Å²) in [6, 6.07) is 10.8. The fraction of sp³-hybridized carbons (Fsp3) is 0.512. The number of nitrogens with one attached hydrogen (secondary N) is 3. The van der Waals surface area contributed by atoms with Crippen molar-refractivity contribution >= 4 is 59.5 Å². The molecule has 356 valence electrons. The highest BCUT2D eigenvalue weighted by atomic mass is 32.2. The van der Waals surface area contributed by atoms with Crippen LogP contribution >= 0.6 is 12.0 Å². The summed E-state index contributed by atoms with van der Waals surface area (Å²) < 4.78 is 100. The van der Waals surface area contributed by atoms with Crippen LogP contribution in [0.25, 0.3) is 0 Å². The third-order valence-electron chi connectivity index (χ3n) is 10.7. The molecule has 4 N–H and O–H groups in total. The molecular weight excluding hydrogens is 907 g/mol. The van der Waals surface area contributed by atoms with Crippen LogP contribution in [-0.2, 0) is 64.1 Å². The van der Waals surface area contributed by atoms with Crippen molar-refractivity contribution in [3.05, 3.63) is 95.3 Å². The molecule has 0 unspecified atom stereocenters. The molecule has 0 saturated heterocycles. The molecule has 0 atom stereocenters. The van der Waals surface area contributed by atoms with Gasteiger partial charge < -0.3 is 4.90 Å².